The van der Waals surface area contributed by atoms with Gasteiger partial charge in [-0.05, 0) is 25.7 Å². The lowest BCUT2D eigenvalue weighted by atomic mass is 10.1. The van der Waals surface area contributed by atoms with Crippen LogP contribution < -0.4 is 8.40 Å². The monoisotopic (exact) mass is 493 g/mol. The topological polar surface area (TPSA) is 46.1 Å². The van der Waals surface area contributed by atoms with Gasteiger partial charge in [0.05, 0.1) is 27.2 Å². The lowest BCUT2D eigenvalue weighted by Crippen LogP contribution is -2.41. The fourth-order valence-electron chi connectivity index (χ4n) is 4.17. The summed E-state index contributed by atoms with van der Waals surface area (Å²) < 4.78 is 18.1. The van der Waals surface area contributed by atoms with E-state index in [2.05, 4.69) is 27.9 Å². The Bertz CT molecular complexity index is 275. The minimum absolute atomic E-state index is 1.24. The van der Waals surface area contributed by atoms with Gasteiger partial charge in [0.1, 0.15) is 0 Å². The molecule has 3 nitrogen and oxygen atoms in total. The zero-order valence-electron chi connectivity index (χ0n) is 21.2. The summed E-state index contributed by atoms with van der Waals surface area (Å²) in [6.07, 6.45) is 29.0. The van der Waals surface area contributed by atoms with Crippen LogP contribution in [0, 0.1) is 15.5 Å². The summed E-state index contributed by atoms with van der Waals surface area (Å²) in [6.45, 7) is 7.37. The minimum Gasteiger partial charge on any atom is -0.585 e. The van der Waals surface area contributed by atoms with Crippen LogP contribution in [0.5, 0.6) is 0 Å². The van der Waals surface area contributed by atoms with Gasteiger partial charge in [-0.25, -0.2) is 0 Å². The molecule has 0 spiro atoms. The molecule has 0 rings (SSSR count). The summed E-state index contributed by atoms with van der Waals surface area (Å²) in [5.74, 6) is 0. The van der Waals surface area contributed by atoms with E-state index in [4.69, 9.17) is 8.40 Å². The van der Waals surface area contributed by atoms with Crippen molar-refractivity contribution in [3.05, 3.63) is 0 Å². The first kappa shape index (κ1) is 32.5. The Balaban J connectivity index is 0. The maximum atomic E-state index is 8.41. The molecule has 0 heterocycles. The predicted octanol–water partition coefficient (Wildman–Crippen LogP) is 6.53. The van der Waals surface area contributed by atoms with Crippen molar-refractivity contribution in [2.75, 3.05) is 27.2 Å². The molecule has 0 aromatic heterocycles. The number of rotatable bonds is 22. The van der Waals surface area contributed by atoms with Crippen molar-refractivity contribution in [1.29, 1.82) is 0 Å². The van der Waals surface area contributed by atoms with Gasteiger partial charge in [0.25, 0.3) is 0 Å². The van der Waals surface area contributed by atoms with Crippen LogP contribution >= 0.6 is 0 Å². The number of hydrogen-bond donors (Lipinski definition) is 0. The van der Waals surface area contributed by atoms with Crippen LogP contribution in [0.15, 0.2) is 0 Å². The zero-order valence-corrected chi connectivity index (χ0v) is 22.8. The molecule has 0 aliphatic rings. The molecule has 0 amide bonds. The van der Waals surface area contributed by atoms with Crippen LogP contribution in [0.2, 0.25) is 0 Å². The molecule has 0 aliphatic heterocycles. The standard InChI is InChI=1S/C26H56N.BrO2/c1-5-7-9-11-13-15-17-19-21-23-25-27(3,4)26-24-22-20-18-16-14-12-10-8-6-2;2-1-3/h5-26H2,1-4H3;/q+1;-1. The molecular formula is C26H56BrNO2. The normalized spacial score (nSPS) is 11.4. The highest BCUT2D eigenvalue weighted by atomic mass is 79.9. The van der Waals surface area contributed by atoms with Crippen LogP contribution in [-0.2, 0) is 0 Å². The van der Waals surface area contributed by atoms with Crippen molar-refractivity contribution in [2.45, 2.75) is 142 Å². The number of hydrogen-bond acceptors (Lipinski definition) is 2. The molecule has 0 saturated carbocycles. The van der Waals surface area contributed by atoms with Gasteiger partial charge >= 0.3 is 0 Å². The number of quaternary nitrogens is 1. The molecule has 0 aromatic carbocycles. The van der Waals surface area contributed by atoms with Gasteiger partial charge in [-0.15, -0.1) is 0 Å². The number of nitrogens with zero attached hydrogens (tertiary/aromatic N) is 1. The highest BCUT2D eigenvalue weighted by Crippen LogP contribution is 2.14. The van der Waals surface area contributed by atoms with Crippen LogP contribution in [0.4, 0.5) is 0 Å². The summed E-state index contributed by atoms with van der Waals surface area (Å²) >= 11 is -1.44. The summed E-state index contributed by atoms with van der Waals surface area (Å²) in [5.41, 5.74) is 0. The zero-order chi connectivity index (χ0) is 22.8. The third-order valence-electron chi connectivity index (χ3n) is 6.23. The molecule has 4 heteroatoms. The molecule has 0 atom stereocenters. The molecule has 0 aromatic rings. The van der Waals surface area contributed by atoms with Gasteiger partial charge in [-0.1, -0.05) is 117 Å². The maximum Gasteiger partial charge on any atom is 0.170 e. The number of halogens is 1. The molecule has 184 valence electrons. The highest BCUT2D eigenvalue weighted by molar-refractivity contribution is 4.50. The van der Waals surface area contributed by atoms with Gasteiger partial charge in [0, 0.05) is 0 Å². The molecule has 0 fully saturated rings. The first-order chi connectivity index (χ1) is 14.5. The molecule has 0 radical (unpaired) electrons. The lowest BCUT2D eigenvalue weighted by Gasteiger charge is -2.30. The largest absolute Gasteiger partial charge is 0.585 e. The van der Waals surface area contributed by atoms with Crippen molar-refractivity contribution in [3.63, 3.8) is 0 Å². The molecule has 0 saturated heterocycles. The fourth-order valence-corrected chi connectivity index (χ4v) is 4.17. The van der Waals surface area contributed by atoms with Crippen LogP contribution in [-0.4, -0.2) is 31.7 Å². The maximum absolute atomic E-state index is 8.41. The fraction of sp³-hybridized carbons (Fsp3) is 1.00. The van der Waals surface area contributed by atoms with E-state index in [0.29, 0.717) is 0 Å². The van der Waals surface area contributed by atoms with E-state index in [1.165, 1.54) is 146 Å². The summed E-state index contributed by atoms with van der Waals surface area (Å²) in [4.78, 5) is 0. The third-order valence-corrected chi connectivity index (χ3v) is 6.23. The van der Waals surface area contributed by atoms with Crippen LogP contribution in [0.25, 0.3) is 0 Å². The van der Waals surface area contributed by atoms with Gasteiger partial charge in [0.15, 0.2) is 15.5 Å². The number of unbranched alkanes of at least 4 members (excludes halogenated alkanes) is 18. The Morgan fingerprint density at radius 3 is 0.867 bits per heavy atom. The molecule has 30 heavy (non-hydrogen) atoms. The van der Waals surface area contributed by atoms with Gasteiger partial charge < -0.3 is 12.9 Å². The smallest absolute Gasteiger partial charge is 0.170 e. The average Bonchev–Trinajstić information content (AvgIpc) is 2.71. The third kappa shape index (κ3) is 30.6. The first-order valence-corrected chi connectivity index (χ1v) is 14.5. The van der Waals surface area contributed by atoms with Crippen LogP contribution in [0.3, 0.4) is 0 Å². The molecule has 0 aliphatic carbocycles. The molecule has 0 unspecified atom stereocenters. The first-order valence-electron chi connectivity index (χ1n) is 13.2. The van der Waals surface area contributed by atoms with E-state index in [-0.39, 0.29) is 0 Å². The quantitative estimate of drug-likeness (QED) is 0.127. The van der Waals surface area contributed by atoms with E-state index >= 15 is 0 Å². The molecule has 0 N–H and O–H groups in total. The Labute approximate surface area is 197 Å². The lowest BCUT2D eigenvalue weighted by molar-refractivity contribution is -1.41. The second kappa shape index (κ2) is 27.4. The minimum atomic E-state index is -1.44. The Kier molecular flexibility index (Phi) is 29.7. The summed E-state index contributed by atoms with van der Waals surface area (Å²) in [5, 5.41) is 0. The van der Waals surface area contributed by atoms with E-state index < -0.39 is 15.5 Å². The van der Waals surface area contributed by atoms with Gasteiger partial charge in [-0.2, -0.15) is 0 Å². The highest BCUT2D eigenvalue weighted by Gasteiger charge is 2.13. The molecule has 0 bridgehead atoms. The Morgan fingerprint density at radius 1 is 0.433 bits per heavy atom. The SMILES string of the molecule is CCCCCCCCCCCC[N+](C)(C)CCCCCCCCCCCC.[O-][Br+][O-]. The van der Waals surface area contributed by atoms with Crippen molar-refractivity contribution < 1.29 is 28.4 Å². The molecular weight excluding hydrogens is 438 g/mol. The average molecular weight is 495 g/mol. The summed E-state index contributed by atoms with van der Waals surface area (Å²) in [6, 6.07) is 0. The summed E-state index contributed by atoms with van der Waals surface area (Å²) in [7, 11) is 4.89. The van der Waals surface area contributed by atoms with Crippen molar-refractivity contribution in [1.82, 2.24) is 0 Å². The van der Waals surface area contributed by atoms with Crippen molar-refractivity contribution in [3.8, 4) is 0 Å². The van der Waals surface area contributed by atoms with E-state index in [9.17, 15) is 0 Å². The van der Waals surface area contributed by atoms with Crippen molar-refractivity contribution in [2.24, 2.45) is 0 Å². The van der Waals surface area contributed by atoms with E-state index in [1.54, 1.807) is 0 Å². The van der Waals surface area contributed by atoms with Gasteiger partial charge in [0.2, 0.25) is 0 Å². The second-order valence-corrected chi connectivity index (χ2v) is 10.1. The van der Waals surface area contributed by atoms with Crippen molar-refractivity contribution >= 4 is 0 Å². The van der Waals surface area contributed by atoms with Crippen LogP contribution in [0.1, 0.15) is 142 Å². The second-order valence-electron chi connectivity index (χ2n) is 9.81. The Hall–Kier alpha value is 0.360. The van der Waals surface area contributed by atoms with E-state index in [0.717, 1.165) is 0 Å². The Morgan fingerprint density at radius 2 is 0.633 bits per heavy atom. The predicted molar refractivity (Wildman–Crippen MR) is 126 cm³/mol. The van der Waals surface area contributed by atoms with E-state index in [1.807, 2.05) is 0 Å². The van der Waals surface area contributed by atoms with Gasteiger partial charge in [-0.3, -0.25) is 0 Å².